The standard InChI is InChI=1S/C8H13ClN2S/c1-3-7-5-12-8(11-7)10-6(2)4-9/h5-6H,3-4H2,1-2H3,(H,10,11). The van der Waals surface area contributed by atoms with E-state index in [2.05, 4.69) is 22.6 Å². The number of hydrogen-bond acceptors (Lipinski definition) is 3. The Hall–Kier alpha value is -0.280. The number of nitrogens with zero attached hydrogens (tertiary/aromatic N) is 1. The lowest BCUT2D eigenvalue weighted by molar-refractivity contribution is 0.900. The number of aromatic nitrogens is 1. The molecule has 0 aliphatic heterocycles. The molecule has 0 aromatic carbocycles. The Kier molecular flexibility index (Phi) is 3.82. The van der Waals surface area contributed by atoms with Gasteiger partial charge in [-0.1, -0.05) is 6.92 Å². The molecule has 12 heavy (non-hydrogen) atoms. The Labute approximate surface area is 82.0 Å². The van der Waals surface area contributed by atoms with Crippen LogP contribution in [-0.2, 0) is 6.42 Å². The topological polar surface area (TPSA) is 24.9 Å². The fraction of sp³-hybridized carbons (Fsp3) is 0.625. The van der Waals surface area contributed by atoms with Crippen molar-refractivity contribution in [3.63, 3.8) is 0 Å². The lowest BCUT2D eigenvalue weighted by Crippen LogP contribution is -2.16. The molecule has 0 aliphatic carbocycles. The predicted molar refractivity (Wildman–Crippen MR) is 55.3 cm³/mol. The van der Waals surface area contributed by atoms with E-state index in [0.29, 0.717) is 11.9 Å². The molecule has 68 valence electrons. The van der Waals surface area contributed by atoms with E-state index in [1.165, 1.54) is 0 Å². The summed E-state index contributed by atoms with van der Waals surface area (Å²) in [6.07, 6.45) is 0.993. The van der Waals surface area contributed by atoms with Crippen molar-refractivity contribution in [2.24, 2.45) is 0 Å². The number of halogens is 1. The minimum absolute atomic E-state index is 0.294. The Morgan fingerprint density at radius 1 is 1.75 bits per heavy atom. The number of aryl methyl sites for hydroxylation is 1. The van der Waals surface area contributed by atoms with Gasteiger partial charge in [-0.15, -0.1) is 22.9 Å². The summed E-state index contributed by atoms with van der Waals surface area (Å²) < 4.78 is 0. The summed E-state index contributed by atoms with van der Waals surface area (Å²) in [5.74, 6) is 0.612. The van der Waals surface area contributed by atoms with E-state index in [1.807, 2.05) is 6.92 Å². The highest BCUT2D eigenvalue weighted by molar-refractivity contribution is 7.13. The van der Waals surface area contributed by atoms with Gasteiger partial charge in [0.25, 0.3) is 0 Å². The minimum Gasteiger partial charge on any atom is -0.358 e. The molecule has 0 saturated carbocycles. The van der Waals surface area contributed by atoms with Crippen LogP contribution >= 0.6 is 22.9 Å². The van der Waals surface area contributed by atoms with Gasteiger partial charge in [0.15, 0.2) is 5.13 Å². The Morgan fingerprint density at radius 2 is 2.50 bits per heavy atom. The van der Waals surface area contributed by atoms with E-state index in [0.717, 1.165) is 17.2 Å². The van der Waals surface area contributed by atoms with Gasteiger partial charge in [0.05, 0.1) is 5.69 Å². The molecule has 1 rings (SSSR count). The Bertz CT molecular complexity index is 237. The molecule has 0 fully saturated rings. The van der Waals surface area contributed by atoms with Crippen LogP contribution in [0, 0.1) is 0 Å². The third-order valence-electron chi connectivity index (χ3n) is 1.52. The average Bonchev–Trinajstić information content (AvgIpc) is 2.52. The van der Waals surface area contributed by atoms with E-state index in [4.69, 9.17) is 11.6 Å². The summed E-state index contributed by atoms with van der Waals surface area (Å²) in [4.78, 5) is 4.37. The summed E-state index contributed by atoms with van der Waals surface area (Å²) in [7, 11) is 0. The van der Waals surface area contributed by atoms with Gasteiger partial charge in [-0.2, -0.15) is 0 Å². The third-order valence-corrected chi connectivity index (χ3v) is 2.80. The maximum atomic E-state index is 5.66. The number of anilines is 1. The number of nitrogens with one attached hydrogen (secondary N) is 1. The molecular weight excluding hydrogens is 192 g/mol. The SMILES string of the molecule is CCc1csc(NC(C)CCl)n1. The van der Waals surface area contributed by atoms with Crippen LogP contribution in [-0.4, -0.2) is 16.9 Å². The summed E-state index contributed by atoms with van der Waals surface area (Å²) in [6.45, 7) is 4.14. The van der Waals surface area contributed by atoms with E-state index in [9.17, 15) is 0 Å². The molecule has 2 nitrogen and oxygen atoms in total. The van der Waals surface area contributed by atoms with Crippen molar-refractivity contribution in [2.45, 2.75) is 26.3 Å². The van der Waals surface area contributed by atoms with Crippen LogP contribution < -0.4 is 5.32 Å². The molecule has 1 atom stereocenters. The molecule has 0 radical (unpaired) electrons. The Morgan fingerprint density at radius 3 is 3.00 bits per heavy atom. The van der Waals surface area contributed by atoms with Crippen molar-refractivity contribution < 1.29 is 0 Å². The average molecular weight is 205 g/mol. The monoisotopic (exact) mass is 204 g/mol. The van der Waals surface area contributed by atoms with Crippen molar-refractivity contribution in [2.75, 3.05) is 11.2 Å². The fourth-order valence-corrected chi connectivity index (χ4v) is 1.77. The lowest BCUT2D eigenvalue weighted by atomic mass is 10.4. The van der Waals surface area contributed by atoms with Gasteiger partial charge in [-0.05, 0) is 13.3 Å². The smallest absolute Gasteiger partial charge is 0.183 e. The molecule has 4 heteroatoms. The summed E-state index contributed by atoms with van der Waals surface area (Å²) in [5, 5.41) is 6.27. The maximum Gasteiger partial charge on any atom is 0.183 e. The molecular formula is C8H13ClN2S. The summed E-state index contributed by atoms with van der Waals surface area (Å²) in [5.41, 5.74) is 1.14. The van der Waals surface area contributed by atoms with Crippen LogP contribution in [0.3, 0.4) is 0 Å². The van der Waals surface area contributed by atoms with Crippen LogP contribution in [0.25, 0.3) is 0 Å². The maximum absolute atomic E-state index is 5.66. The van der Waals surface area contributed by atoms with Crippen molar-refractivity contribution in [3.8, 4) is 0 Å². The molecule has 0 amide bonds. The van der Waals surface area contributed by atoms with Crippen LogP contribution in [0.1, 0.15) is 19.5 Å². The van der Waals surface area contributed by atoms with Crippen LogP contribution in [0.15, 0.2) is 5.38 Å². The lowest BCUT2D eigenvalue weighted by Gasteiger charge is -2.07. The summed E-state index contributed by atoms with van der Waals surface area (Å²) in [6, 6.07) is 0.294. The van der Waals surface area contributed by atoms with Gasteiger partial charge in [-0.3, -0.25) is 0 Å². The largest absolute Gasteiger partial charge is 0.358 e. The van der Waals surface area contributed by atoms with E-state index >= 15 is 0 Å². The fourth-order valence-electron chi connectivity index (χ4n) is 0.785. The minimum atomic E-state index is 0.294. The zero-order chi connectivity index (χ0) is 8.97. The van der Waals surface area contributed by atoms with E-state index in [-0.39, 0.29) is 0 Å². The molecule has 0 saturated heterocycles. The van der Waals surface area contributed by atoms with Gasteiger partial charge in [0.2, 0.25) is 0 Å². The predicted octanol–water partition coefficient (Wildman–Crippen LogP) is 2.74. The number of rotatable bonds is 4. The second-order valence-corrected chi connectivity index (χ2v) is 3.86. The van der Waals surface area contributed by atoms with Crippen molar-refractivity contribution in [1.82, 2.24) is 4.98 Å². The molecule has 1 aromatic rings. The van der Waals surface area contributed by atoms with Gasteiger partial charge in [0, 0.05) is 17.3 Å². The molecule has 1 heterocycles. The van der Waals surface area contributed by atoms with Gasteiger partial charge < -0.3 is 5.32 Å². The Balaban J connectivity index is 2.52. The van der Waals surface area contributed by atoms with Gasteiger partial charge >= 0.3 is 0 Å². The summed E-state index contributed by atoms with van der Waals surface area (Å²) >= 11 is 7.29. The molecule has 0 bridgehead atoms. The van der Waals surface area contributed by atoms with Crippen molar-refractivity contribution in [1.29, 1.82) is 0 Å². The van der Waals surface area contributed by atoms with E-state index < -0.39 is 0 Å². The first-order valence-electron chi connectivity index (χ1n) is 4.03. The molecule has 1 unspecified atom stereocenters. The molecule has 1 N–H and O–H groups in total. The second kappa shape index (κ2) is 4.67. The van der Waals surface area contributed by atoms with Gasteiger partial charge in [-0.25, -0.2) is 4.98 Å². The van der Waals surface area contributed by atoms with E-state index in [1.54, 1.807) is 11.3 Å². The highest BCUT2D eigenvalue weighted by Gasteiger charge is 2.03. The zero-order valence-electron chi connectivity index (χ0n) is 7.30. The molecule has 1 aromatic heterocycles. The number of alkyl halides is 1. The molecule has 0 aliphatic rings. The van der Waals surface area contributed by atoms with Crippen LogP contribution in [0.2, 0.25) is 0 Å². The van der Waals surface area contributed by atoms with Crippen LogP contribution in [0.5, 0.6) is 0 Å². The number of thiazole rings is 1. The number of hydrogen-bond donors (Lipinski definition) is 1. The van der Waals surface area contributed by atoms with Crippen LogP contribution in [0.4, 0.5) is 5.13 Å². The highest BCUT2D eigenvalue weighted by atomic mass is 35.5. The first-order chi connectivity index (χ1) is 5.76. The van der Waals surface area contributed by atoms with Crippen molar-refractivity contribution in [3.05, 3.63) is 11.1 Å². The first-order valence-corrected chi connectivity index (χ1v) is 5.44. The first kappa shape index (κ1) is 9.81. The normalized spacial score (nSPS) is 12.9. The quantitative estimate of drug-likeness (QED) is 0.763. The highest BCUT2D eigenvalue weighted by Crippen LogP contribution is 2.16. The zero-order valence-corrected chi connectivity index (χ0v) is 8.87. The van der Waals surface area contributed by atoms with Gasteiger partial charge in [0.1, 0.15) is 0 Å². The third kappa shape index (κ3) is 2.64. The second-order valence-electron chi connectivity index (χ2n) is 2.70. The van der Waals surface area contributed by atoms with Crippen molar-refractivity contribution >= 4 is 28.1 Å². The molecule has 0 spiro atoms.